The van der Waals surface area contributed by atoms with E-state index < -0.39 is 33.6 Å². The Balaban J connectivity index is -0.000000192. The van der Waals surface area contributed by atoms with Gasteiger partial charge in [0.15, 0.2) is 0 Å². The molecular formula is C16H28K2N2O8. The fraction of sp³-hybridized carbons (Fsp3) is 0.875. The molecule has 0 saturated heterocycles. The van der Waals surface area contributed by atoms with E-state index in [2.05, 4.69) is 0 Å². The van der Waals surface area contributed by atoms with Crippen LogP contribution in [0.2, 0.25) is 0 Å². The van der Waals surface area contributed by atoms with Gasteiger partial charge >= 0.3 is 103 Å². The molecule has 0 bridgehead atoms. The third-order valence-corrected chi connectivity index (χ3v) is 3.33. The van der Waals surface area contributed by atoms with E-state index in [0.29, 0.717) is 12.8 Å². The van der Waals surface area contributed by atoms with Gasteiger partial charge in [-0.25, -0.2) is 0 Å². The van der Waals surface area contributed by atoms with E-state index in [1.165, 1.54) is 0 Å². The Morgan fingerprint density at radius 2 is 0.964 bits per heavy atom. The first-order chi connectivity index (χ1) is 11.8. The second-order valence-electron chi connectivity index (χ2n) is 7.17. The first kappa shape index (κ1) is 36.4. The van der Waals surface area contributed by atoms with E-state index in [1.807, 2.05) is 27.7 Å². The molecule has 0 spiro atoms. The van der Waals surface area contributed by atoms with Crippen LogP contribution < -0.4 is 113 Å². The number of carboxylic acids is 2. The molecule has 0 aromatic rings. The standard InChI is InChI=1S/2C8H15NO4.2K/c2*1-6(2)3-7(4-8(10)11)5-9(12)13;;/h2*6-7H,3-5H2,1-2H3,(H,10,11);;/q;;2*+1/p-2/t2*7-;;/m00../s1. The Kier molecular flexibility index (Phi) is 27.6. The molecule has 28 heavy (non-hydrogen) atoms. The monoisotopic (exact) mass is 454 g/mol. The fourth-order valence-electron chi connectivity index (χ4n) is 2.67. The molecule has 0 aliphatic heterocycles. The molecule has 10 nitrogen and oxygen atoms in total. The maximum absolute atomic E-state index is 10.2. The predicted octanol–water partition coefficient (Wildman–Crippen LogP) is -5.86. The van der Waals surface area contributed by atoms with Crippen LogP contribution in [0, 0.1) is 43.9 Å². The summed E-state index contributed by atoms with van der Waals surface area (Å²) < 4.78 is 0. The maximum atomic E-state index is 10.2. The third kappa shape index (κ3) is 29.2. The van der Waals surface area contributed by atoms with Gasteiger partial charge < -0.3 is 19.8 Å². The van der Waals surface area contributed by atoms with Gasteiger partial charge in [0.2, 0.25) is 13.1 Å². The summed E-state index contributed by atoms with van der Waals surface area (Å²) in [4.78, 5) is 39.9. The molecule has 0 radical (unpaired) electrons. The van der Waals surface area contributed by atoms with Crippen LogP contribution in [0.5, 0.6) is 0 Å². The number of carbonyl (C=O) groups excluding carboxylic acids is 2. The van der Waals surface area contributed by atoms with Crippen molar-refractivity contribution in [1.29, 1.82) is 0 Å². The average Bonchev–Trinajstić information content (AvgIpc) is 2.33. The van der Waals surface area contributed by atoms with Crippen LogP contribution in [0.15, 0.2) is 0 Å². The number of hydrogen-bond acceptors (Lipinski definition) is 8. The molecular weight excluding hydrogens is 426 g/mol. The molecule has 0 amide bonds. The summed E-state index contributed by atoms with van der Waals surface area (Å²) in [6, 6.07) is 0. The minimum atomic E-state index is -1.22. The van der Waals surface area contributed by atoms with Crippen molar-refractivity contribution < 1.29 is 132 Å². The normalized spacial score (nSPS) is 11.9. The topological polar surface area (TPSA) is 167 Å². The summed E-state index contributed by atoms with van der Waals surface area (Å²) in [6.45, 7) is 7.05. The van der Waals surface area contributed by atoms with Gasteiger partial charge in [-0.05, 0) is 37.5 Å². The van der Waals surface area contributed by atoms with Gasteiger partial charge in [0.05, 0.1) is 0 Å². The predicted molar refractivity (Wildman–Crippen MR) is 88.9 cm³/mol. The largest absolute Gasteiger partial charge is 1.00 e. The Labute approximate surface area is 250 Å². The minimum absolute atomic E-state index is 0. The van der Waals surface area contributed by atoms with Crippen molar-refractivity contribution in [2.75, 3.05) is 13.1 Å². The Morgan fingerprint density at radius 1 is 0.714 bits per heavy atom. The molecule has 152 valence electrons. The number of hydrogen-bond donors (Lipinski definition) is 0. The maximum Gasteiger partial charge on any atom is 1.00 e. The van der Waals surface area contributed by atoms with Gasteiger partial charge in [0.25, 0.3) is 0 Å². The van der Waals surface area contributed by atoms with E-state index in [4.69, 9.17) is 0 Å². The molecule has 12 heteroatoms. The zero-order valence-corrected chi connectivity index (χ0v) is 24.0. The van der Waals surface area contributed by atoms with E-state index in [1.54, 1.807) is 0 Å². The molecule has 0 fully saturated rings. The number of carbonyl (C=O) groups is 2. The average molecular weight is 455 g/mol. The van der Waals surface area contributed by atoms with E-state index in [9.17, 15) is 40.0 Å². The van der Waals surface area contributed by atoms with Crippen LogP contribution in [0.3, 0.4) is 0 Å². The van der Waals surface area contributed by atoms with Gasteiger partial charge in [-0.3, -0.25) is 20.2 Å². The zero-order valence-electron chi connectivity index (χ0n) is 17.7. The molecule has 0 aliphatic carbocycles. The number of nitrogens with zero attached hydrogens (tertiary/aromatic N) is 2. The van der Waals surface area contributed by atoms with Crippen molar-refractivity contribution >= 4 is 11.9 Å². The SMILES string of the molecule is CC(C)C[C@@H](CC(=O)[O-])C[N+](=O)[O-].CC(C)C[C@@H](CC(=O)[O-])C[N+](=O)[O-].[K+].[K+]. The van der Waals surface area contributed by atoms with E-state index in [0.717, 1.165) is 0 Å². The van der Waals surface area contributed by atoms with Gasteiger partial charge in [0.1, 0.15) is 0 Å². The van der Waals surface area contributed by atoms with Crippen molar-refractivity contribution in [1.82, 2.24) is 0 Å². The fourth-order valence-corrected chi connectivity index (χ4v) is 2.67. The molecule has 0 aliphatic rings. The summed E-state index contributed by atoms with van der Waals surface area (Å²) in [5.41, 5.74) is 0. The van der Waals surface area contributed by atoms with Crippen molar-refractivity contribution in [2.24, 2.45) is 23.7 Å². The zero-order chi connectivity index (χ0) is 20.9. The Bertz CT molecular complexity index is 402. The first-order valence-corrected chi connectivity index (χ1v) is 8.46. The van der Waals surface area contributed by atoms with Crippen LogP contribution in [-0.2, 0) is 9.59 Å². The smallest absolute Gasteiger partial charge is 0.550 e. The molecule has 0 unspecified atom stereocenters. The number of rotatable bonds is 12. The first-order valence-electron chi connectivity index (χ1n) is 8.46. The molecule has 0 heterocycles. The van der Waals surface area contributed by atoms with Crippen molar-refractivity contribution in [3.05, 3.63) is 20.2 Å². The molecule has 2 atom stereocenters. The van der Waals surface area contributed by atoms with Gasteiger partial charge in [-0.1, -0.05) is 27.7 Å². The van der Waals surface area contributed by atoms with E-state index in [-0.39, 0.29) is 141 Å². The van der Waals surface area contributed by atoms with Gasteiger partial charge in [-0.15, -0.1) is 0 Å². The van der Waals surface area contributed by atoms with Crippen LogP contribution in [0.1, 0.15) is 53.4 Å². The summed E-state index contributed by atoms with van der Waals surface area (Å²) in [5, 5.41) is 40.8. The molecule has 0 saturated carbocycles. The van der Waals surface area contributed by atoms with E-state index >= 15 is 0 Å². The summed E-state index contributed by atoms with van der Waals surface area (Å²) >= 11 is 0. The van der Waals surface area contributed by atoms with Gasteiger partial charge in [-0.2, -0.15) is 0 Å². The van der Waals surface area contributed by atoms with Crippen LogP contribution >= 0.6 is 0 Å². The Morgan fingerprint density at radius 3 is 1.11 bits per heavy atom. The summed E-state index contributed by atoms with van der Waals surface area (Å²) in [6.07, 6.45) is 0.655. The van der Waals surface area contributed by atoms with Crippen molar-refractivity contribution in [3.63, 3.8) is 0 Å². The minimum Gasteiger partial charge on any atom is -0.550 e. The molecule has 0 rings (SSSR count). The summed E-state index contributed by atoms with van der Waals surface area (Å²) in [7, 11) is 0. The van der Waals surface area contributed by atoms with Gasteiger partial charge in [0, 0.05) is 33.6 Å². The summed E-state index contributed by atoms with van der Waals surface area (Å²) in [5.74, 6) is -2.70. The third-order valence-electron chi connectivity index (χ3n) is 3.33. The number of nitro groups is 2. The van der Waals surface area contributed by atoms with Crippen molar-refractivity contribution in [3.8, 4) is 0 Å². The number of aliphatic carboxylic acids is 2. The van der Waals surface area contributed by atoms with Crippen LogP contribution in [-0.4, -0.2) is 34.9 Å². The number of carboxylic acid groups (broad SMARTS) is 2. The van der Waals surface area contributed by atoms with Crippen LogP contribution in [0.25, 0.3) is 0 Å². The molecule has 0 N–H and O–H groups in total. The second-order valence-corrected chi connectivity index (χ2v) is 7.17. The van der Waals surface area contributed by atoms with Crippen molar-refractivity contribution in [2.45, 2.75) is 53.4 Å². The molecule has 0 aromatic carbocycles. The quantitative estimate of drug-likeness (QED) is 0.160. The Hall–Kier alpha value is 1.01. The second kappa shape index (κ2) is 21.3. The molecule has 0 aromatic heterocycles. The van der Waals surface area contributed by atoms with Crippen LogP contribution in [0.4, 0.5) is 0 Å².